The molecule has 0 bridgehead atoms. The van der Waals surface area contributed by atoms with Crippen LogP contribution in [0.4, 0.5) is 5.82 Å². The van der Waals surface area contributed by atoms with Gasteiger partial charge in [-0.05, 0) is 110 Å². The van der Waals surface area contributed by atoms with E-state index < -0.39 is 0 Å². The van der Waals surface area contributed by atoms with E-state index in [1.807, 2.05) is 57.2 Å². The maximum Gasteiger partial charge on any atom is 0.215 e. The second-order valence-electron chi connectivity index (χ2n) is 12.3. The minimum atomic E-state index is 0.00297. The lowest BCUT2D eigenvalue weighted by Gasteiger charge is -2.30. The van der Waals surface area contributed by atoms with E-state index in [1.54, 1.807) is 6.07 Å². The molecule has 0 saturated heterocycles. The Morgan fingerprint density at radius 1 is 0.980 bits per heavy atom. The first-order valence-electron chi connectivity index (χ1n) is 18.3. The summed E-state index contributed by atoms with van der Waals surface area (Å²) in [6, 6.07) is 22.3. The van der Waals surface area contributed by atoms with Crippen LogP contribution in [0.25, 0.3) is 11.1 Å². The number of aromatic nitrogens is 1. The van der Waals surface area contributed by atoms with Gasteiger partial charge in [-0.3, -0.25) is 0 Å². The number of allylic oxidation sites excluding steroid dienone is 7. The fourth-order valence-electron chi connectivity index (χ4n) is 5.53. The maximum absolute atomic E-state index is 5.98. The molecule has 1 unspecified atom stereocenters. The predicted octanol–water partition coefficient (Wildman–Crippen LogP) is 10.8. The number of nitrogens with zero attached hydrogens (tertiary/aromatic N) is 1. The fraction of sp³-hybridized carbons (Fsp3) is 0.386. The van der Waals surface area contributed by atoms with Gasteiger partial charge in [0.1, 0.15) is 12.0 Å². The molecule has 2 aromatic carbocycles. The molecule has 1 aromatic heterocycles. The average Bonchev–Trinajstić information content (AvgIpc) is 3.12. The van der Waals surface area contributed by atoms with E-state index in [9.17, 15) is 0 Å². The van der Waals surface area contributed by atoms with Gasteiger partial charge in [-0.1, -0.05) is 106 Å². The first kappa shape index (κ1) is 40.0. The Bertz CT molecular complexity index is 1550. The summed E-state index contributed by atoms with van der Waals surface area (Å²) in [6.45, 7) is 16.5. The summed E-state index contributed by atoms with van der Waals surface area (Å²) < 4.78 is 17.2. The molecule has 5 rings (SSSR count). The summed E-state index contributed by atoms with van der Waals surface area (Å²) in [6.07, 6.45) is 21.0. The van der Waals surface area contributed by atoms with E-state index in [0.29, 0.717) is 31.0 Å². The number of ether oxygens (including phenoxy) is 3. The average molecular weight is 678 g/mol. The van der Waals surface area contributed by atoms with Gasteiger partial charge in [0.05, 0.1) is 19.3 Å². The number of benzene rings is 2. The molecule has 1 saturated carbocycles. The summed E-state index contributed by atoms with van der Waals surface area (Å²) >= 11 is 0. The highest BCUT2D eigenvalue weighted by atomic mass is 16.5. The van der Waals surface area contributed by atoms with Crippen molar-refractivity contribution in [1.29, 1.82) is 0 Å². The van der Waals surface area contributed by atoms with E-state index >= 15 is 0 Å². The number of rotatable bonds is 16. The number of nitrogen functional groups attached to an aromatic ring is 1. The molecule has 3 aromatic rings. The number of pyridine rings is 1. The molecule has 6 nitrogen and oxygen atoms in total. The number of anilines is 1. The van der Waals surface area contributed by atoms with E-state index in [-0.39, 0.29) is 6.23 Å². The summed E-state index contributed by atoms with van der Waals surface area (Å²) in [7, 11) is 0. The smallest absolute Gasteiger partial charge is 0.215 e. The van der Waals surface area contributed by atoms with Crippen LogP contribution in [-0.4, -0.2) is 30.5 Å². The number of aryl methyl sites for hydroxylation is 1. The van der Waals surface area contributed by atoms with Gasteiger partial charge < -0.3 is 25.3 Å². The van der Waals surface area contributed by atoms with Crippen molar-refractivity contribution >= 4 is 17.0 Å². The molecule has 2 heterocycles. The number of dihydropyridines is 1. The van der Waals surface area contributed by atoms with Crippen LogP contribution in [0.15, 0.2) is 115 Å². The van der Waals surface area contributed by atoms with Crippen LogP contribution in [0, 0.1) is 6.92 Å². The highest BCUT2D eigenvalue weighted by Gasteiger charge is 2.22. The van der Waals surface area contributed by atoms with Gasteiger partial charge in [0.25, 0.3) is 0 Å². The van der Waals surface area contributed by atoms with E-state index in [1.165, 1.54) is 58.2 Å². The minimum Gasteiger partial charge on any atom is -0.478 e. The molecule has 1 fully saturated rings. The van der Waals surface area contributed by atoms with E-state index in [0.717, 1.165) is 32.3 Å². The van der Waals surface area contributed by atoms with Crippen molar-refractivity contribution in [2.24, 2.45) is 0 Å². The lowest BCUT2D eigenvalue weighted by molar-refractivity contribution is -0.0387. The Morgan fingerprint density at radius 3 is 2.36 bits per heavy atom. The number of hydrogen-bond donors (Lipinski definition) is 2. The third-order valence-corrected chi connectivity index (χ3v) is 8.43. The molecule has 0 radical (unpaired) electrons. The molecule has 1 aliphatic heterocycles. The third-order valence-electron chi connectivity index (χ3n) is 8.43. The molecule has 1 aliphatic carbocycles. The summed E-state index contributed by atoms with van der Waals surface area (Å²) in [5.74, 6) is 1.10. The van der Waals surface area contributed by atoms with Crippen molar-refractivity contribution in [2.75, 3.05) is 18.9 Å². The summed E-state index contributed by atoms with van der Waals surface area (Å²) in [5.41, 5.74) is 14.1. The van der Waals surface area contributed by atoms with Crippen LogP contribution in [0.3, 0.4) is 0 Å². The van der Waals surface area contributed by atoms with Crippen LogP contribution in [0.1, 0.15) is 94.9 Å². The molecule has 50 heavy (non-hydrogen) atoms. The zero-order valence-corrected chi connectivity index (χ0v) is 31.0. The Kier molecular flexibility index (Phi) is 18.5. The van der Waals surface area contributed by atoms with Crippen molar-refractivity contribution < 1.29 is 14.2 Å². The van der Waals surface area contributed by atoms with Crippen LogP contribution in [-0.2, 0) is 16.1 Å². The van der Waals surface area contributed by atoms with Crippen molar-refractivity contribution in [3.05, 3.63) is 138 Å². The van der Waals surface area contributed by atoms with Gasteiger partial charge in [0, 0.05) is 18.9 Å². The largest absolute Gasteiger partial charge is 0.478 e. The topological polar surface area (TPSA) is 78.6 Å². The van der Waals surface area contributed by atoms with Gasteiger partial charge in [-0.25, -0.2) is 0 Å². The van der Waals surface area contributed by atoms with Gasteiger partial charge in [-0.2, -0.15) is 4.98 Å². The zero-order valence-electron chi connectivity index (χ0n) is 31.0. The highest BCUT2D eigenvalue weighted by Crippen LogP contribution is 2.29. The predicted molar refractivity (Wildman–Crippen MR) is 212 cm³/mol. The fourth-order valence-corrected chi connectivity index (χ4v) is 5.53. The van der Waals surface area contributed by atoms with Crippen LogP contribution in [0.2, 0.25) is 0 Å². The van der Waals surface area contributed by atoms with Gasteiger partial charge in [-0.15, -0.1) is 0 Å². The molecule has 3 N–H and O–H groups in total. The summed E-state index contributed by atoms with van der Waals surface area (Å²) in [5, 5.41) is 3.36. The van der Waals surface area contributed by atoms with Crippen molar-refractivity contribution in [3.63, 3.8) is 0 Å². The standard InChI is InChI=1S/C24H29NO.C18H24N2O2.C2H6/c1-5-8-17(3)22(6-2)23-13-11-19(15-18(23)4)20-12-14-24(25-16-20)26-21-9-7-10-21;19-17-11-8-12-18(20-17)22-14-7-2-1-6-13-21-15-16-9-4-3-5-10-16;1-2/h5-6,8,11-16,21,24-25H,2,7,9-10H2,1,3-4H3;3-5,8-12H,1-2,6-7,13-15H2,(H2,19,20);1-2H3/b8-5-,22-17+;;. The number of nitrogens with two attached hydrogens (primary N) is 1. The number of nitrogens with one attached hydrogen (secondary N) is 1. The van der Waals surface area contributed by atoms with Crippen molar-refractivity contribution in [2.45, 2.75) is 98.5 Å². The first-order valence-corrected chi connectivity index (χ1v) is 18.3. The second-order valence-corrected chi connectivity index (χ2v) is 12.3. The number of unbranched alkanes of at least 4 members (excludes halogenated alkanes) is 3. The maximum atomic E-state index is 5.98. The monoisotopic (exact) mass is 677 g/mol. The molecule has 0 spiro atoms. The SMILES string of the molecule is C=C/C(=C(C)\C=C/C)c1ccc(C2=CNC(OC3CCC3)C=C2)cc1C.CC.Nc1cccc(OCCCCCCOCc2ccccc2)n1. The first-order chi connectivity index (χ1) is 24.5. The third kappa shape index (κ3) is 13.9. The number of hydrogen-bond acceptors (Lipinski definition) is 6. The van der Waals surface area contributed by atoms with Gasteiger partial charge >= 0.3 is 0 Å². The molecular formula is C44H59N3O3. The normalized spacial score (nSPS) is 15.7. The van der Waals surface area contributed by atoms with Crippen LogP contribution < -0.4 is 15.8 Å². The van der Waals surface area contributed by atoms with Gasteiger partial charge in [0.2, 0.25) is 5.88 Å². The second kappa shape index (κ2) is 23.1. The Hall–Kier alpha value is -4.39. The lowest BCUT2D eigenvalue weighted by atomic mass is 9.92. The van der Waals surface area contributed by atoms with E-state index in [2.05, 4.69) is 91.6 Å². The Balaban J connectivity index is 0.000000261. The quantitative estimate of drug-likeness (QED) is 0.116. The van der Waals surface area contributed by atoms with Gasteiger partial charge in [0.15, 0.2) is 0 Å². The molecule has 268 valence electrons. The van der Waals surface area contributed by atoms with E-state index in [4.69, 9.17) is 19.9 Å². The van der Waals surface area contributed by atoms with Crippen LogP contribution in [0.5, 0.6) is 5.88 Å². The molecule has 2 aliphatic rings. The molecule has 0 amide bonds. The Labute approximate surface area is 301 Å². The van der Waals surface area contributed by atoms with Crippen molar-refractivity contribution in [3.8, 4) is 5.88 Å². The summed E-state index contributed by atoms with van der Waals surface area (Å²) in [4.78, 5) is 4.10. The highest BCUT2D eigenvalue weighted by molar-refractivity contribution is 5.82. The van der Waals surface area contributed by atoms with Crippen molar-refractivity contribution in [1.82, 2.24) is 10.3 Å². The Morgan fingerprint density at radius 2 is 1.74 bits per heavy atom. The molecular weight excluding hydrogens is 619 g/mol. The minimum absolute atomic E-state index is 0.00297. The zero-order chi connectivity index (χ0) is 36.0. The lowest BCUT2D eigenvalue weighted by Crippen LogP contribution is -2.35. The molecule has 1 atom stereocenters. The van der Waals surface area contributed by atoms with Crippen LogP contribution >= 0.6 is 0 Å². The molecule has 6 heteroatoms.